The molecule has 8 heteroatoms. The van der Waals surface area contributed by atoms with E-state index in [9.17, 15) is 0 Å². The highest BCUT2D eigenvalue weighted by atomic mass is 16.3. The van der Waals surface area contributed by atoms with Gasteiger partial charge in [0.15, 0.2) is 0 Å². The summed E-state index contributed by atoms with van der Waals surface area (Å²) < 4.78 is 16.1. The molecular formula is C125H130B2N4O2. The Labute approximate surface area is 791 Å². The zero-order valence-corrected chi connectivity index (χ0v) is 83.2. The normalized spacial score (nSPS) is 19.1. The van der Waals surface area contributed by atoms with Crippen molar-refractivity contribution < 1.29 is 8.83 Å². The first-order valence-electron chi connectivity index (χ1n) is 49.7. The van der Waals surface area contributed by atoms with E-state index in [0.29, 0.717) is 0 Å². The maximum absolute atomic E-state index is 8.17. The topological polar surface area (TPSA) is 39.2 Å². The second-order valence-corrected chi connectivity index (χ2v) is 48.7. The van der Waals surface area contributed by atoms with E-state index in [4.69, 9.17) is 8.83 Å². The molecule has 133 heavy (non-hydrogen) atoms. The first-order valence-corrected chi connectivity index (χ1v) is 49.7. The molecule has 0 saturated heterocycles. The van der Waals surface area contributed by atoms with Gasteiger partial charge in [-0.25, -0.2) is 0 Å². The van der Waals surface area contributed by atoms with Crippen molar-refractivity contribution in [1.82, 2.24) is 0 Å². The van der Waals surface area contributed by atoms with Crippen LogP contribution in [0.4, 0.5) is 68.2 Å². The van der Waals surface area contributed by atoms with Gasteiger partial charge >= 0.3 is 0 Å². The molecule has 6 nitrogen and oxygen atoms in total. The summed E-state index contributed by atoms with van der Waals surface area (Å²) in [7, 11) is 0. The Morgan fingerprint density at radius 2 is 0.639 bits per heavy atom. The molecule has 23 rings (SSSR count). The van der Waals surface area contributed by atoms with E-state index in [0.717, 1.165) is 114 Å². The highest BCUT2D eigenvalue weighted by Crippen LogP contribution is 2.59. The number of rotatable bonds is 9. The SMILES string of the molecule is Cc1cc2c3c(c1)N(c1cc(-c4ccccc4)cc(-c4ccccc4)c1)c1c(oc4cc5c(cc14)C(C)(C)CCC5(C)Cc1ccc(-c4ccc(C)c(N5c6cc(C)cc7c6B(c6cc8c(cc6N7c6ccc(C(C)(C)C)cc6)C(C)(C)CCC8(C)C)c6oc7cc8c(cc7c65)C(C)(C)CCC8(C)C)c4)cc1)B3c1cc3c(cc1N2c1ccc(C(C)(C)C)cc1)C(C)(C)CCC3(C)C. The standard InChI is InChI=1S/C125H130B2N4O2/c1-74-57-104-110-106(59-74)130(88-62-82(78-31-27-25-28-32-78)61-83(63-88)79-33-29-26-30-34-79)112-89-66-92-98(72-109(89)133-114(112)126(110)99-67-93-95(121(16,17)52-50-119(93,12)13)69-102(99)128(104)86-45-41-84(42-46-86)116(4,5)6)125(24,56-55-124(92,22)23)73-77-36-39-80(40-37-77)81-38-35-76(3)101(64-81)131-107-60-75(2)58-105-111(107)127(115-113(131)90-65-91-97(71-108(90)132-115)123(20,21)54-49-118(91,10)11)100-68-94-96(122(18,19)53-51-120(94,14)15)70-103(100)129(105)87-47-43-85(44-48-87)117(7,8)9/h25-48,57-72H,49-56,73H2,1-24H3. The third-order valence-electron chi connectivity index (χ3n) is 34.1. The molecule has 2 aromatic heterocycles. The number of fused-ring (bicyclic) bond motifs is 16. The van der Waals surface area contributed by atoms with Gasteiger partial charge in [-0.3, -0.25) is 0 Å². The van der Waals surface area contributed by atoms with Crippen LogP contribution in [0.5, 0.6) is 0 Å². The van der Waals surface area contributed by atoms with Crippen molar-refractivity contribution >= 4 is 137 Å². The number of anilines is 12. The summed E-state index contributed by atoms with van der Waals surface area (Å²) in [6, 6.07) is 96.2. The van der Waals surface area contributed by atoms with E-state index in [1.807, 2.05) is 0 Å². The van der Waals surface area contributed by atoms with Gasteiger partial charge in [-0.2, -0.15) is 0 Å². The second kappa shape index (κ2) is 28.9. The fraction of sp³-hybridized carbons (Fsp3) is 0.344. The zero-order chi connectivity index (χ0) is 92.8. The molecule has 0 spiro atoms. The number of nitrogens with zero attached hydrogens (tertiary/aromatic N) is 4. The van der Waals surface area contributed by atoms with Crippen molar-refractivity contribution in [1.29, 1.82) is 0 Å². The molecular weight excluding hydrogens is 1610 g/mol. The summed E-state index contributed by atoms with van der Waals surface area (Å²) >= 11 is 0. The number of hydrogen-bond donors (Lipinski definition) is 0. The molecule has 0 saturated carbocycles. The Morgan fingerprint density at radius 3 is 1.07 bits per heavy atom. The lowest BCUT2D eigenvalue weighted by atomic mass is 9.35. The smallest absolute Gasteiger partial charge is 0.297 e. The van der Waals surface area contributed by atoms with Gasteiger partial charge in [0.25, 0.3) is 13.4 Å². The van der Waals surface area contributed by atoms with Crippen LogP contribution < -0.4 is 52.8 Å². The largest absolute Gasteiger partial charge is 0.468 e. The van der Waals surface area contributed by atoms with Crippen molar-refractivity contribution in [3.8, 4) is 33.4 Å². The van der Waals surface area contributed by atoms with Crippen LogP contribution in [0.2, 0.25) is 0 Å². The quantitative estimate of drug-likeness (QED) is 0.134. The lowest BCUT2D eigenvalue weighted by Crippen LogP contribution is -2.61. The van der Waals surface area contributed by atoms with Crippen molar-refractivity contribution in [3.05, 3.63) is 321 Å². The van der Waals surface area contributed by atoms with Gasteiger partial charge < -0.3 is 28.4 Å². The van der Waals surface area contributed by atoms with Crippen LogP contribution in [0.3, 0.4) is 0 Å². The van der Waals surface area contributed by atoms with E-state index >= 15 is 0 Å². The highest BCUT2D eigenvalue weighted by Gasteiger charge is 2.54. The maximum atomic E-state index is 8.17. The lowest BCUT2D eigenvalue weighted by Gasteiger charge is -2.46. The second-order valence-electron chi connectivity index (χ2n) is 48.7. The zero-order valence-electron chi connectivity index (χ0n) is 83.2. The number of benzene rings is 13. The van der Waals surface area contributed by atoms with Crippen LogP contribution in [-0.2, 0) is 60.6 Å². The van der Waals surface area contributed by atoms with E-state index in [1.54, 1.807) is 0 Å². The molecule has 0 radical (unpaired) electrons. The Hall–Kier alpha value is -11.7. The summed E-state index contributed by atoms with van der Waals surface area (Å²) in [5.74, 6) is 0. The minimum atomic E-state index is -0.239. The van der Waals surface area contributed by atoms with Crippen LogP contribution in [0.1, 0.15) is 275 Å². The molecule has 4 aliphatic heterocycles. The molecule has 0 bridgehead atoms. The molecule has 15 aromatic rings. The third kappa shape index (κ3) is 13.3. The summed E-state index contributed by atoms with van der Waals surface area (Å²) in [6.07, 6.45) is 9.69. The molecule has 0 amide bonds. The average Bonchev–Trinajstić information content (AvgIpc) is 1.63. The fourth-order valence-corrected chi connectivity index (χ4v) is 25.5. The first-order chi connectivity index (χ1) is 62.9. The Bertz CT molecular complexity index is 7340. The maximum Gasteiger partial charge on any atom is 0.297 e. The highest BCUT2D eigenvalue weighted by molar-refractivity contribution is 7.00. The van der Waals surface area contributed by atoms with E-state index in [1.165, 1.54) is 178 Å². The minimum Gasteiger partial charge on any atom is -0.468 e. The Kier molecular flexibility index (Phi) is 18.6. The van der Waals surface area contributed by atoms with Crippen LogP contribution in [0.15, 0.2) is 251 Å². The monoisotopic (exact) mass is 1740 g/mol. The minimum absolute atomic E-state index is 0.00299. The Balaban J connectivity index is 0.678. The van der Waals surface area contributed by atoms with E-state index in [2.05, 4.69) is 428 Å². The predicted molar refractivity (Wildman–Crippen MR) is 568 cm³/mol. The van der Waals surface area contributed by atoms with Crippen LogP contribution in [0.25, 0.3) is 55.3 Å². The molecule has 6 heterocycles. The van der Waals surface area contributed by atoms with Gasteiger partial charge in [-0.05, 0) is 375 Å². The number of furan rings is 2. The number of hydrogen-bond acceptors (Lipinski definition) is 6. The summed E-state index contributed by atoms with van der Waals surface area (Å²) in [4.78, 5) is 10.6. The third-order valence-corrected chi connectivity index (χ3v) is 34.1. The van der Waals surface area contributed by atoms with Crippen molar-refractivity contribution in [2.75, 3.05) is 19.6 Å². The predicted octanol–water partition coefficient (Wildman–Crippen LogP) is 30.5. The van der Waals surface area contributed by atoms with Gasteiger partial charge in [0.2, 0.25) is 0 Å². The van der Waals surface area contributed by atoms with E-state index in [-0.39, 0.29) is 67.6 Å². The average molecular weight is 1740 g/mol. The van der Waals surface area contributed by atoms with Gasteiger partial charge in [0, 0.05) is 67.6 Å². The fourth-order valence-electron chi connectivity index (χ4n) is 25.5. The summed E-state index contributed by atoms with van der Waals surface area (Å²) in [5.41, 5.74) is 49.0. The molecule has 668 valence electrons. The molecule has 1 atom stereocenters. The van der Waals surface area contributed by atoms with Gasteiger partial charge in [-0.15, -0.1) is 0 Å². The lowest BCUT2D eigenvalue weighted by molar-refractivity contribution is 0.310. The number of aryl methyl sites for hydroxylation is 3. The Morgan fingerprint density at radius 1 is 0.286 bits per heavy atom. The van der Waals surface area contributed by atoms with Gasteiger partial charge in [-0.1, -0.05) is 279 Å². The van der Waals surface area contributed by atoms with Crippen molar-refractivity contribution in [2.45, 2.75) is 278 Å². The molecule has 0 N–H and O–H groups in total. The molecule has 8 aliphatic rings. The van der Waals surface area contributed by atoms with Crippen molar-refractivity contribution in [2.24, 2.45) is 0 Å². The van der Waals surface area contributed by atoms with Crippen LogP contribution in [0, 0.1) is 20.8 Å². The molecule has 13 aromatic carbocycles. The van der Waals surface area contributed by atoms with Crippen LogP contribution in [-0.4, -0.2) is 13.4 Å². The van der Waals surface area contributed by atoms with Crippen LogP contribution >= 0.6 is 0 Å². The summed E-state index contributed by atoms with van der Waals surface area (Å²) in [5, 5.41) is 2.35. The van der Waals surface area contributed by atoms with Gasteiger partial charge in [0.1, 0.15) is 11.2 Å². The first kappa shape index (κ1) is 85.5. The summed E-state index contributed by atoms with van der Waals surface area (Å²) in [6.45, 7) is 57.8. The molecule has 1 unspecified atom stereocenters. The van der Waals surface area contributed by atoms with Gasteiger partial charge in [0.05, 0.1) is 22.7 Å². The molecule has 4 aliphatic carbocycles. The van der Waals surface area contributed by atoms with E-state index < -0.39 is 0 Å². The molecule has 0 fully saturated rings. The van der Waals surface area contributed by atoms with Crippen molar-refractivity contribution in [3.63, 3.8) is 0 Å².